The van der Waals surface area contributed by atoms with Crippen molar-refractivity contribution in [3.8, 4) is 0 Å². The molecule has 3 heteroatoms. The first-order valence-electron chi connectivity index (χ1n) is 7.10. The Morgan fingerprint density at radius 1 is 1.05 bits per heavy atom. The molecule has 0 bridgehead atoms. The van der Waals surface area contributed by atoms with Crippen molar-refractivity contribution in [1.29, 1.82) is 0 Å². The number of benzene rings is 2. The number of hydrogen-bond donors (Lipinski definition) is 1. The highest BCUT2D eigenvalue weighted by molar-refractivity contribution is 5.85. The lowest BCUT2D eigenvalue weighted by Gasteiger charge is -2.16. The van der Waals surface area contributed by atoms with Crippen LogP contribution in [0.3, 0.4) is 0 Å². The van der Waals surface area contributed by atoms with E-state index in [2.05, 4.69) is 35.3 Å². The van der Waals surface area contributed by atoms with Gasteiger partial charge in [0.15, 0.2) is 0 Å². The SMILES string of the molecule is NC(c1ccc2c(c1)COC2)c1cccc2ccncc12. The second kappa shape index (κ2) is 4.95. The molecule has 0 spiro atoms. The predicted octanol–water partition coefficient (Wildman–Crippen LogP) is 3.31. The van der Waals surface area contributed by atoms with Crippen LogP contribution in [0, 0.1) is 0 Å². The summed E-state index contributed by atoms with van der Waals surface area (Å²) in [5, 5.41) is 2.28. The van der Waals surface area contributed by atoms with E-state index in [0.29, 0.717) is 13.2 Å². The monoisotopic (exact) mass is 276 g/mol. The van der Waals surface area contributed by atoms with Crippen molar-refractivity contribution in [2.75, 3.05) is 0 Å². The van der Waals surface area contributed by atoms with E-state index in [4.69, 9.17) is 10.5 Å². The number of rotatable bonds is 2. The van der Waals surface area contributed by atoms with E-state index < -0.39 is 0 Å². The zero-order valence-corrected chi connectivity index (χ0v) is 11.6. The molecule has 1 atom stereocenters. The van der Waals surface area contributed by atoms with Gasteiger partial charge < -0.3 is 10.5 Å². The molecule has 0 saturated heterocycles. The first-order chi connectivity index (χ1) is 10.3. The summed E-state index contributed by atoms with van der Waals surface area (Å²) in [6.07, 6.45) is 3.70. The number of nitrogens with two attached hydrogens (primary N) is 1. The summed E-state index contributed by atoms with van der Waals surface area (Å²) < 4.78 is 5.47. The minimum Gasteiger partial charge on any atom is -0.372 e. The highest BCUT2D eigenvalue weighted by Gasteiger charge is 2.16. The van der Waals surface area contributed by atoms with Crippen molar-refractivity contribution < 1.29 is 4.74 Å². The molecule has 0 amide bonds. The molecule has 0 fully saturated rings. The van der Waals surface area contributed by atoms with Gasteiger partial charge in [0.2, 0.25) is 0 Å². The molecule has 2 heterocycles. The van der Waals surface area contributed by atoms with Gasteiger partial charge in [-0.15, -0.1) is 0 Å². The van der Waals surface area contributed by atoms with E-state index in [0.717, 1.165) is 16.5 Å². The van der Waals surface area contributed by atoms with Gasteiger partial charge >= 0.3 is 0 Å². The van der Waals surface area contributed by atoms with Crippen molar-refractivity contribution in [3.63, 3.8) is 0 Å². The number of pyridine rings is 1. The van der Waals surface area contributed by atoms with Gasteiger partial charge in [0, 0.05) is 17.8 Å². The summed E-state index contributed by atoms with van der Waals surface area (Å²) in [5.41, 5.74) is 11.3. The van der Waals surface area contributed by atoms with Crippen molar-refractivity contribution in [2.45, 2.75) is 19.3 Å². The fourth-order valence-corrected chi connectivity index (χ4v) is 2.97. The molecule has 21 heavy (non-hydrogen) atoms. The van der Waals surface area contributed by atoms with Crippen LogP contribution >= 0.6 is 0 Å². The van der Waals surface area contributed by atoms with Crippen molar-refractivity contribution >= 4 is 10.8 Å². The van der Waals surface area contributed by atoms with Crippen LogP contribution in [0.25, 0.3) is 10.8 Å². The number of fused-ring (bicyclic) bond motifs is 2. The molecule has 1 aliphatic heterocycles. The zero-order valence-electron chi connectivity index (χ0n) is 11.6. The summed E-state index contributed by atoms with van der Waals surface area (Å²) in [7, 11) is 0. The predicted molar refractivity (Wildman–Crippen MR) is 82.7 cm³/mol. The number of hydrogen-bond acceptors (Lipinski definition) is 3. The third-order valence-electron chi connectivity index (χ3n) is 4.16. The Kier molecular flexibility index (Phi) is 2.95. The second-order valence-electron chi connectivity index (χ2n) is 5.44. The van der Waals surface area contributed by atoms with Crippen LogP contribution in [-0.4, -0.2) is 4.98 Å². The molecular formula is C18H16N2O. The van der Waals surface area contributed by atoms with Crippen LogP contribution in [-0.2, 0) is 18.0 Å². The van der Waals surface area contributed by atoms with Crippen molar-refractivity contribution in [3.05, 3.63) is 77.1 Å². The standard InChI is InChI=1S/C18H16N2O/c19-18(13-4-5-14-10-21-11-15(14)8-13)16-3-1-2-12-6-7-20-9-17(12)16/h1-9,18H,10-11,19H2. The fourth-order valence-electron chi connectivity index (χ4n) is 2.97. The van der Waals surface area contributed by atoms with E-state index in [1.165, 1.54) is 16.5 Å². The van der Waals surface area contributed by atoms with Gasteiger partial charge in [-0.2, -0.15) is 0 Å². The van der Waals surface area contributed by atoms with Gasteiger partial charge in [0.05, 0.1) is 19.3 Å². The number of aromatic nitrogens is 1. The minimum absolute atomic E-state index is 0.149. The fraction of sp³-hybridized carbons (Fsp3) is 0.167. The van der Waals surface area contributed by atoms with Crippen LogP contribution in [0.1, 0.15) is 28.3 Å². The zero-order chi connectivity index (χ0) is 14.2. The average Bonchev–Trinajstić information content (AvgIpc) is 3.01. The van der Waals surface area contributed by atoms with Crippen LogP contribution in [0.2, 0.25) is 0 Å². The smallest absolute Gasteiger partial charge is 0.0725 e. The van der Waals surface area contributed by atoms with E-state index in [1.54, 1.807) is 0 Å². The molecule has 0 radical (unpaired) electrons. The van der Waals surface area contributed by atoms with Gasteiger partial charge in [0.25, 0.3) is 0 Å². The Balaban J connectivity index is 1.81. The molecule has 104 valence electrons. The maximum Gasteiger partial charge on any atom is 0.0725 e. The number of ether oxygens (including phenoxy) is 1. The first-order valence-corrected chi connectivity index (χ1v) is 7.10. The molecule has 3 aromatic rings. The third kappa shape index (κ3) is 2.11. The largest absolute Gasteiger partial charge is 0.372 e. The summed E-state index contributed by atoms with van der Waals surface area (Å²) in [5.74, 6) is 0. The van der Waals surface area contributed by atoms with Gasteiger partial charge in [0.1, 0.15) is 0 Å². The molecule has 1 aromatic heterocycles. The van der Waals surface area contributed by atoms with Crippen LogP contribution in [0.15, 0.2) is 54.9 Å². The van der Waals surface area contributed by atoms with Crippen molar-refractivity contribution in [1.82, 2.24) is 4.98 Å². The summed E-state index contributed by atoms with van der Waals surface area (Å²) in [6, 6.07) is 14.5. The highest BCUT2D eigenvalue weighted by atomic mass is 16.5. The maximum atomic E-state index is 6.51. The van der Waals surface area contributed by atoms with E-state index >= 15 is 0 Å². The summed E-state index contributed by atoms with van der Waals surface area (Å²) >= 11 is 0. The molecule has 2 aromatic carbocycles. The van der Waals surface area contributed by atoms with Crippen LogP contribution in [0.4, 0.5) is 0 Å². The van der Waals surface area contributed by atoms with Crippen LogP contribution < -0.4 is 5.73 Å². The van der Waals surface area contributed by atoms with E-state index in [-0.39, 0.29) is 6.04 Å². The lowest BCUT2D eigenvalue weighted by Crippen LogP contribution is -2.12. The van der Waals surface area contributed by atoms with Crippen LogP contribution in [0.5, 0.6) is 0 Å². The third-order valence-corrected chi connectivity index (χ3v) is 4.16. The topological polar surface area (TPSA) is 48.1 Å². The molecule has 2 N–H and O–H groups in total. The molecule has 0 saturated carbocycles. The van der Waals surface area contributed by atoms with E-state index in [1.807, 2.05) is 24.5 Å². The number of nitrogens with zero attached hydrogens (tertiary/aromatic N) is 1. The average molecular weight is 276 g/mol. The van der Waals surface area contributed by atoms with Gasteiger partial charge in [-0.05, 0) is 33.7 Å². The Bertz CT molecular complexity index is 808. The second-order valence-corrected chi connectivity index (χ2v) is 5.44. The highest BCUT2D eigenvalue weighted by Crippen LogP contribution is 2.29. The quantitative estimate of drug-likeness (QED) is 0.781. The molecule has 3 nitrogen and oxygen atoms in total. The normalized spacial score (nSPS) is 15.1. The minimum atomic E-state index is -0.149. The molecule has 1 unspecified atom stereocenters. The lowest BCUT2D eigenvalue weighted by atomic mass is 9.93. The summed E-state index contributed by atoms with van der Waals surface area (Å²) in [4.78, 5) is 4.23. The summed E-state index contributed by atoms with van der Waals surface area (Å²) in [6.45, 7) is 1.40. The first kappa shape index (κ1) is 12.5. The molecular weight excluding hydrogens is 260 g/mol. The van der Waals surface area contributed by atoms with Gasteiger partial charge in [-0.25, -0.2) is 0 Å². The Labute approximate surface area is 123 Å². The molecule has 0 aliphatic carbocycles. The molecule has 1 aliphatic rings. The van der Waals surface area contributed by atoms with Crippen molar-refractivity contribution in [2.24, 2.45) is 5.73 Å². The Hall–Kier alpha value is -2.23. The van der Waals surface area contributed by atoms with Gasteiger partial charge in [-0.3, -0.25) is 4.98 Å². The Morgan fingerprint density at radius 2 is 1.95 bits per heavy atom. The van der Waals surface area contributed by atoms with Gasteiger partial charge in [-0.1, -0.05) is 36.4 Å². The molecule has 4 rings (SSSR count). The maximum absolute atomic E-state index is 6.51. The Morgan fingerprint density at radius 3 is 2.90 bits per heavy atom. The van der Waals surface area contributed by atoms with E-state index in [9.17, 15) is 0 Å². The lowest BCUT2D eigenvalue weighted by molar-refractivity contribution is 0.134.